The Kier molecular flexibility index (Phi) is 4.90. The molecular formula is C13H19NO3S. The molecule has 5 heteroatoms. The summed E-state index contributed by atoms with van der Waals surface area (Å²) >= 11 is 1.42. The normalized spacial score (nSPS) is 10.6. The highest BCUT2D eigenvalue weighted by molar-refractivity contribution is 7.16. The van der Waals surface area contributed by atoms with Crippen LogP contribution in [0.15, 0.2) is 0 Å². The number of esters is 1. The van der Waals surface area contributed by atoms with Gasteiger partial charge in [-0.15, -0.1) is 11.3 Å². The maximum Gasteiger partial charge on any atom is 0.341 e. The average Bonchev–Trinajstić information content (AvgIpc) is 2.63. The molecule has 0 aliphatic carbocycles. The molecule has 0 spiro atoms. The number of methoxy groups -OCH3 is 1. The van der Waals surface area contributed by atoms with Crippen molar-refractivity contribution in [2.75, 3.05) is 12.4 Å². The van der Waals surface area contributed by atoms with Gasteiger partial charge >= 0.3 is 5.97 Å². The van der Waals surface area contributed by atoms with Crippen LogP contribution < -0.4 is 5.32 Å². The predicted octanol–water partition coefficient (Wildman–Crippen LogP) is 3.00. The van der Waals surface area contributed by atoms with Crippen LogP contribution in [0.5, 0.6) is 0 Å². The first-order valence-electron chi connectivity index (χ1n) is 5.93. The highest BCUT2D eigenvalue weighted by atomic mass is 32.1. The van der Waals surface area contributed by atoms with Gasteiger partial charge in [-0.05, 0) is 18.9 Å². The van der Waals surface area contributed by atoms with Gasteiger partial charge in [-0.1, -0.05) is 20.8 Å². The van der Waals surface area contributed by atoms with Gasteiger partial charge in [0.1, 0.15) is 5.00 Å². The predicted molar refractivity (Wildman–Crippen MR) is 73.2 cm³/mol. The molecule has 1 N–H and O–H groups in total. The van der Waals surface area contributed by atoms with E-state index in [1.54, 1.807) is 0 Å². The zero-order valence-corrected chi connectivity index (χ0v) is 12.2. The van der Waals surface area contributed by atoms with Gasteiger partial charge in [-0.3, -0.25) is 4.79 Å². The summed E-state index contributed by atoms with van der Waals surface area (Å²) in [6.07, 6.45) is 0.740. The lowest BCUT2D eigenvalue weighted by Gasteiger charge is -2.08. The SMILES string of the molecule is CCc1c(C)sc(NC(=O)C(C)C)c1C(=O)OC. The molecule has 0 aromatic carbocycles. The number of hydrogen-bond acceptors (Lipinski definition) is 4. The van der Waals surface area contributed by atoms with E-state index in [0.29, 0.717) is 10.6 Å². The fourth-order valence-electron chi connectivity index (χ4n) is 1.67. The number of hydrogen-bond donors (Lipinski definition) is 1. The summed E-state index contributed by atoms with van der Waals surface area (Å²) in [5, 5.41) is 3.39. The summed E-state index contributed by atoms with van der Waals surface area (Å²) in [4.78, 5) is 24.6. The number of carbonyl (C=O) groups is 2. The van der Waals surface area contributed by atoms with Crippen molar-refractivity contribution in [3.05, 3.63) is 16.0 Å². The van der Waals surface area contributed by atoms with Gasteiger partial charge in [0.25, 0.3) is 0 Å². The Morgan fingerprint density at radius 2 is 2.00 bits per heavy atom. The van der Waals surface area contributed by atoms with E-state index in [4.69, 9.17) is 4.74 Å². The molecule has 0 aliphatic heterocycles. The maximum atomic E-state index is 11.8. The van der Waals surface area contributed by atoms with Crippen LogP contribution in [0.4, 0.5) is 5.00 Å². The first kappa shape index (κ1) is 14.7. The molecule has 0 fully saturated rings. The molecule has 4 nitrogen and oxygen atoms in total. The molecule has 1 heterocycles. The zero-order chi connectivity index (χ0) is 13.9. The molecule has 1 amide bonds. The van der Waals surface area contributed by atoms with E-state index in [1.807, 2.05) is 27.7 Å². The lowest BCUT2D eigenvalue weighted by Crippen LogP contribution is -2.19. The Labute approximate surface area is 111 Å². The second-order valence-electron chi connectivity index (χ2n) is 4.33. The molecule has 100 valence electrons. The first-order valence-corrected chi connectivity index (χ1v) is 6.75. The number of nitrogens with one attached hydrogen (secondary N) is 1. The number of carbonyl (C=O) groups excluding carboxylic acids is 2. The molecule has 0 saturated carbocycles. The van der Waals surface area contributed by atoms with Crippen LogP contribution in [0.2, 0.25) is 0 Å². The molecule has 0 atom stereocenters. The molecule has 0 radical (unpaired) electrons. The fourth-order valence-corrected chi connectivity index (χ4v) is 2.80. The highest BCUT2D eigenvalue weighted by Crippen LogP contribution is 2.34. The quantitative estimate of drug-likeness (QED) is 0.855. The third kappa shape index (κ3) is 2.90. The summed E-state index contributed by atoms with van der Waals surface area (Å²) in [6, 6.07) is 0. The standard InChI is InChI=1S/C13H19NO3S/c1-6-9-8(4)18-12(10(9)13(16)17-5)14-11(15)7(2)3/h7H,6H2,1-5H3,(H,14,15). The van der Waals surface area contributed by atoms with Crippen LogP contribution in [0.3, 0.4) is 0 Å². The summed E-state index contributed by atoms with van der Waals surface area (Å²) in [5.41, 5.74) is 1.45. The van der Waals surface area contributed by atoms with Crippen LogP contribution in [-0.4, -0.2) is 19.0 Å². The Hall–Kier alpha value is -1.36. The van der Waals surface area contributed by atoms with Crippen molar-refractivity contribution < 1.29 is 14.3 Å². The monoisotopic (exact) mass is 269 g/mol. The maximum absolute atomic E-state index is 11.8. The van der Waals surface area contributed by atoms with Crippen LogP contribution in [0.1, 0.15) is 41.6 Å². The van der Waals surface area contributed by atoms with Gasteiger partial charge in [-0.25, -0.2) is 4.79 Å². The number of thiophene rings is 1. The smallest absolute Gasteiger partial charge is 0.341 e. The van der Waals surface area contributed by atoms with E-state index < -0.39 is 5.97 Å². The zero-order valence-electron chi connectivity index (χ0n) is 11.4. The number of anilines is 1. The van der Waals surface area contributed by atoms with E-state index in [0.717, 1.165) is 16.9 Å². The fraction of sp³-hybridized carbons (Fsp3) is 0.538. The van der Waals surface area contributed by atoms with E-state index in [2.05, 4.69) is 5.32 Å². The molecule has 0 saturated heterocycles. The first-order chi connectivity index (χ1) is 8.42. The minimum atomic E-state index is -0.393. The Balaban J connectivity index is 3.19. The number of ether oxygens (including phenoxy) is 1. The molecule has 0 aliphatic rings. The van der Waals surface area contributed by atoms with Crippen LogP contribution in [0.25, 0.3) is 0 Å². The van der Waals surface area contributed by atoms with Gasteiger partial charge in [0.15, 0.2) is 0 Å². The summed E-state index contributed by atoms with van der Waals surface area (Å²) in [5.74, 6) is -0.609. The van der Waals surface area contributed by atoms with E-state index in [1.165, 1.54) is 18.4 Å². The third-order valence-corrected chi connectivity index (χ3v) is 3.78. The van der Waals surface area contributed by atoms with Gasteiger partial charge in [0, 0.05) is 10.8 Å². The van der Waals surface area contributed by atoms with Crippen LogP contribution in [-0.2, 0) is 16.0 Å². The van der Waals surface area contributed by atoms with E-state index in [-0.39, 0.29) is 11.8 Å². The lowest BCUT2D eigenvalue weighted by atomic mass is 10.1. The number of amides is 1. The lowest BCUT2D eigenvalue weighted by molar-refractivity contribution is -0.118. The minimum Gasteiger partial charge on any atom is -0.465 e. The topological polar surface area (TPSA) is 55.4 Å². The van der Waals surface area contributed by atoms with Crippen molar-refractivity contribution in [2.24, 2.45) is 5.92 Å². The summed E-state index contributed by atoms with van der Waals surface area (Å²) < 4.78 is 4.79. The molecule has 0 unspecified atom stereocenters. The van der Waals surface area contributed by atoms with Crippen molar-refractivity contribution in [3.63, 3.8) is 0 Å². The van der Waals surface area contributed by atoms with Crippen molar-refractivity contribution in [2.45, 2.75) is 34.1 Å². The largest absolute Gasteiger partial charge is 0.465 e. The van der Waals surface area contributed by atoms with Crippen molar-refractivity contribution in [3.8, 4) is 0 Å². The van der Waals surface area contributed by atoms with E-state index in [9.17, 15) is 9.59 Å². The molecular weight excluding hydrogens is 250 g/mol. The van der Waals surface area contributed by atoms with Gasteiger partial charge in [0.05, 0.1) is 12.7 Å². The van der Waals surface area contributed by atoms with Gasteiger partial charge in [-0.2, -0.15) is 0 Å². The van der Waals surface area contributed by atoms with Crippen molar-refractivity contribution in [1.29, 1.82) is 0 Å². The Morgan fingerprint density at radius 3 is 2.44 bits per heavy atom. The average molecular weight is 269 g/mol. The number of aryl methyl sites for hydroxylation is 1. The van der Waals surface area contributed by atoms with Crippen molar-refractivity contribution >= 4 is 28.2 Å². The summed E-state index contributed by atoms with van der Waals surface area (Å²) in [7, 11) is 1.35. The van der Waals surface area contributed by atoms with E-state index >= 15 is 0 Å². The minimum absolute atomic E-state index is 0.0935. The molecule has 1 rings (SSSR count). The molecule has 1 aromatic rings. The van der Waals surface area contributed by atoms with Crippen molar-refractivity contribution in [1.82, 2.24) is 0 Å². The Morgan fingerprint density at radius 1 is 1.39 bits per heavy atom. The molecule has 0 bridgehead atoms. The number of rotatable bonds is 4. The third-order valence-electron chi connectivity index (χ3n) is 2.71. The van der Waals surface area contributed by atoms with Gasteiger partial charge < -0.3 is 10.1 Å². The second-order valence-corrected chi connectivity index (χ2v) is 5.55. The second kappa shape index (κ2) is 6.00. The molecule has 18 heavy (non-hydrogen) atoms. The summed E-state index contributed by atoms with van der Waals surface area (Å²) in [6.45, 7) is 7.55. The molecule has 1 aromatic heterocycles. The van der Waals surface area contributed by atoms with Crippen LogP contribution >= 0.6 is 11.3 Å². The Bertz CT molecular complexity index is 463. The van der Waals surface area contributed by atoms with Gasteiger partial charge in [0.2, 0.25) is 5.91 Å². The highest BCUT2D eigenvalue weighted by Gasteiger charge is 2.23. The van der Waals surface area contributed by atoms with Crippen LogP contribution in [0, 0.1) is 12.8 Å².